The van der Waals surface area contributed by atoms with Gasteiger partial charge in [-0.05, 0) is 24.5 Å². The van der Waals surface area contributed by atoms with E-state index in [0.717, 1.165) is 13.0 Å². The van der Waals surface area contributed by atoms with Crippen LogP contribution in [-0.2, 0) is 0 Å². The van der Waals surface area contributed by atoms with E-state index in [0.29, 0.717) is 11.7 Å². The predicted octanol–water partition coefficient (Wildman–Crippen LogP) is 2.68. The first kappa shape index (κ1) is 9.96. The van der Waals surface area contributed by atoms with Crippen molar-refractivity contribution in [2.24, 2.45) is 5.92 Å². The lowest BCUT2D eigenvalue weighted by Crippen LogP contribution is -2.07. The summed E-state index contributed by atoms with van der Waals surface area (Å²) < 4.78 is 13.0. The third kappa shape index (κ3) is 3.40. The van der Waals surface area contributed by atoms with Gasteiger partial charge in [0.25, 0.3) is 0 Å². The molecule has 0 saturated heterocycles. The molecule has 0 amide bonds. The molecular weight excluding hydrogens is 167 g/mol. The number of nitrogens with one attached hydrogen (secondary N) is 1. The molecule has 1 aromatic heterocycles. The van der Waals surface area contributed by atoms with Crippen molar-refractivity contribution >= 4 is 5.82 Å². The van der Waals surface area contributed by atoms with Crippen LogP contribution in [0.2, 0.25) is 0 Å². The van der Waals surface area contributed by atoms with Crippen molar-refractivity contribution in [1.29, 1.82) is 0 Å². The largest absolute Gasteiger partial charge is 0.368 e. The fraction of sp³-hybridized carbons (Fsp3) is 0.500. The first-order chi connectivity index (χ1) is 6.20. The Hall–Kier alpha value is -1.12. The summed E-state index contributed by atoms with van der Waals surface area (Å²) >= 11 is 0. The van der Waals surface area contributed by atoms with Crippen LogP contribution in [0.5, 0.6) is 0 Å². The van der Waals surface area contributed by atoms with Crippen molar-refractivity contribution in [2.45, 2.75) is 20.3 Å². The molecule has 0 spiro atoms. The third-order valence-corrected chi connectivity index (χ3v) is 1.77. The van der Waals surface area contributed by atoms with Crippen molar-refractivity contribution in [3.05, 3.63) is 24.1 Å². The molecule has 0 aliphatic heterocycles. The molecule has 72 valence electrons. The lowest BCUT2D eigenvalue weighted by molar-refractivity contribution is 0.597. The van der Waals surface area contributed by atoms with Crippen LogP contribution in [0.4, 0.5) is 10.2 Å². The van der Waals surface area contributed by atoms with Crippen LogP contribution in [0.15, 0.2) is 18.3 Å². The zero-order valence-electron chi connectivity index (χ0n) is 8.05. The van der Waals surface area contributed by atoms with Crippen molar-refractivity contribution in [2.75, 3.05) is 11.9 Å². The molecule has 2 nitrogen and oxygen atoms in total. The molecule has 1 aromatic rings. The number of anilines is 1. The van der Waals surface area contributed by atoms with E-state index in [-0.39, 0.29) is 5.82 Å². The predicted molar refractivity (Wildman–Crippen MR) is 52.1 cm³/mol. The fourth-order valence-electron chi connectivity index (χ4n) is 0.995. The van der Waals surface area contributed by atoms with Gasteiger partial charge in [0.05, 0.1) is 0 Å². The Balaban J connectivity index is 2.41. The standard InChI is InChI=1S/C10H15FN2/c1-8(2)5-7-13-10-9(11)4-3-6-12-10/h3-4,6,8H,5,7H2,1-2H3,(H,12,13). The second-order valence-corrected chi connectivity index (χ2v) is 3.44. The second-order valence-electron chi connectivity index (χ2n) is 3.44. The molecule has 0 aromatic carbocycles. The van der Waals surface area contributed by atoms with Gasteiger partial charge < -0.3 is 5.32 Å². The van der Waals surface area contributed by atoms with E-state index in [2.05, 4.69) is 24.1 Å². The van der Waals surface area contributed by atoms with Gasteiger partial charge in [-0.2, -0.15) is 0 Å². The van der Waals surface area contributed by atoms with Crippen LogP contribution in [0.25, 0.3) is 0 Å². The molecule has 3 heteroatoms. The molecule has 0 aliphatic carbocycles. The van der Waals surface area contributed by atoms with Gasteiger partial charge in [0.2, 0.25) is 0 Å². The van der Waals surface area contributed by atoms with Crippen LogP contribution >= 0.6 is 0 Å². The van der Waals surface area contributed by atoms with Gasteiger partial charge in [-0.25, -0.2) is 9.37 Å². The summed E-state index contributed by atoms with van der Waals surface area (Å²) in [7, 11) is 0. The Morgan fingerprint density at radius 1 is 1.54 bits per heavy atom. The fourth-order valence-corrected chi connectivity index (χ4v) is 0.995. The number of rotatable bonds is 4. The summed E-state index contributed by atoms with van der Waals surface area (Å²) in [5.74, 6) is 0.689. The third-order valence-electron chi connectivity index (χ3n) is 1.77. The van der Waals surface area contributed by atoms with E-state index in [4.69, 9.17) is 0 Å². The number of hydrogen-bond acceptors (Lipinski definition) is 2. The molecule has 0 unspecified atom stereocenters. The normalized spacial score (nSPS) is 10.5. The number of halogens is 1. The molecule has 0 radical (unpaired) electrons. The van der Waals surface area contributed by atoms with E-state index in [1.54, 1.807) is 12.3 Å². The number of aromatic nitrogens is 1. The van der Waals surface area contributed by atoms with Gasteiger partial charge in [0.1, 0.15) is 0 Å². The average molecular weight is 182 g/mol. The maximum absolute atomic E-state index is 13.0. The van der Waals surface area contributed by atoms with E-state index < -0.39 is 0 Å². The molecule has 1 rings (SSSR count). The SMILES string of the molecule is CC(C)CCNc1ncccc1F. The topological polar surface area (TPSA) is 24.9 Å². The van der Waals surface area contributed by atoms with Crippen LogP contribution in [0, 0.1) is 11.7 Å². The van der Waals surface area contributed by atoms with Crippen molar-refractivity contribution in [3.8, 4) is 0 Å². The van der Waals surface area contributed by atoms with Crippen LogP contribution < -0.4 is 5.32 Å². The van der Waals surface area contributed by atoms with E-state index in [1.807, 2.05) is 0 Å². The van der Waals surface area contributed by atoms with Gasteiger partial charge in [0, 0.05) is 12.7 Å². The Labute approximate surface area is 78.2 Å². The first-order valence-electron chi connectivity index (χ1n) is 4.54. The van der Waals surface area contributed by atoms with Crippen molar-refractivity contribution < 1.29 is 4.39 Å². The summed E-state index contributed by atoms with van der Waals surface area (Å²) in [6.45, 7) is 5.04. The quantitative estimate of drug-likeness (QED) is 0.774. The van der Waals surface area contributed by atoms with Crippen LogP contribution in [0.3, 0.4) is 0 Å². The molecule has 0 aliphatic rings. The molecule has 0 bridgehead atoms. The molecule has 0 fully saturated rings. The minimum Gasteiger partial charge on any atom is -0.368 e. The van der Waals surface area contributed by atoms with E-state index in [1.165, 1.54) is 6.07 Å². The highest BCUT2D eigenvalue weighted by Gasteiger charge is 2.00. The highest BCUT2D eigenvalue weighted by atomic mass is 19.1. The summed E-state index contributed by atoms with van der Waals surface area (Å²) in [6, 6.07) is 2.99. The highest BCUT2D eigenvalue weighted by molar-refractivity contribution is 5.35. The lowest BCUT2D eigenvalue weighted by Gasteiger charge is -2.07. The van der Waals surface area contributed by atoms with Gasteiger partial charge in [-0.3, -0.25) is 0 Å². The Kier molecular flexibility index (Phi) is 3.68. The van der Waals surface area contributed by atoms with Gasteiger partial charge >= 0.3 is 0 Å². The zero-order valence-corrected chi connectivity index (χ0v) is 8.05. The van der Waals surface area contributed by atoms with Gasteiger partial charge in [0.15, 0.2) is 11.6 Å². The van der Waals surface area contributed by atoms with Crippen molar-refractivity contribution in [1.82, 2.24) is 4.98 Å². The Morgan fingerprint density at radius 3 is 2.92 bits per heavy atom. The first-order valence-corrected chi connectivity index (χ1v) is 4.54. The zero-order chi connectivity index (χ0) is 9.68. The number of pyridine rings is 1. The highest BCUT2D eigenvalue weighted by Crippen LogP contribution is 2.09. The summed E-state index contributed by atoms with van der Waals surface area (Å²) in [5.41, 5.74) is 0. The van der Waals surface area contributed by atoms with Gasteiger partial charge in [-0.1, -0.05) is 13.8 Å². The number of nitrogens with zero attached hydrogens (tertiary/aromatic N) is 1. The second kappa shape index (κ2) is 4.80. The van der Waals surface area contributed by atoms with Crippen LogP contribution in [0.1, 0.15) is 20.3 Å². The monoisotopic (exact) mass is 182 g/mol. The smallest absolute Gasteiger partial charge is 0.165 e. The molecule has 1 N–H and O–H groups in total. The lowest BCUT2D eigenvalue weighted by atomic mass is 10.1. The van der Waals surface area contributed by atoms with E-state index >= 15 is 0 Å². The molecular formula is C10H15FN2. The maximum Gasteiger partial charge on any atom is 0.165 e. The number of hydrogen-bond donors (Lipinski definition) is 1. The summed E-state index contributed by atoms with van der Waals surface area (Å²) in [6.07, 6.45) is 2.61. The van der Waals surface area contributed by atoms with Crippen LogP contribution in [-0.4, -0.2) is 11.5 Å². The minimum absolute atomic E-state index is 0.286. The van der Waals surface area contributed by atoms with E-state index in [9.17, 15) is 4.39 Å². The summed E-state index contributed by atoms with van der Waals surface area (Å²) in [5, 5.41) is 2.96. The van der Waals surface area contributed by atoms with Crippen molar-refractivity contribution in [3.63, 3.8) is 0 Å². The Bertz CT molecular complexity index is 261. The molecule has 1 heterocycles. The maximum atomic E-state index is 13.0. The molecule has 13 heavy (non-hydrogen) atoms. The molecule has 0 atom stereocenters. The minimum atomic E-state index is -0.286. The molecule has 0 saturated carbocycles. The van der Waals surface area contributed by atoms with Gasteiger partial charge in [-0.15, -0.1) is 0 Å². The average Bonchev–Trinajstić information content (AvgIpc) is 2.08. The summed E-state index contributed by atoms with van der Waals surface area (Å²) in [4.78, 5) is 3.89. The Morgan fingerprint density at radius 2 is 2.31 bits per heavy atom.